The van der Waals surface area contributed by atoms with Crippen molar-refractivity contribution in [3.05, 3.63) is 76.1 Å². The Morgan fingerprint density at radius 2 is 1.70 bits per heavy atom. The van der Waals surface area contributed by atoms with E-state index in [1.54, 1.807) is 18.2 Å². The van der Waals surface area contributed by atoms with Gasteiger partial charge in [0.1, 0.15) is 17.5 Å². The van der Waals surface area contributed by atoms with Gasteiger partial charge in [0, 0.05) is 17.7 Å². The van der Waals surface area contributed by atoms with Crippen molar-refractivity contribution in [3.63, 3.8) is 0 Å². The van der Waals surface area contributed by atoms with Crippen LogP contribution in [0.3, 0.4) is 0 Å². The number of nitrogens with two attached hydrogens (primary N) is 2. The molecule has 0 saturated carbocycles. The van der Waals surface area contributed by atoms with Gasteiger partial charge in [-0.15, -0.1) is 0 Å². The van der Waals surface area contributed by atoms with Crippen molar-refractivity contribution in [1.29, 1.82) is 0 Å². The van der Waals surface area contributed by atoms with Crippen LogP contribution in [0, 0.1) is 17.5 Å². The molecule has 3 rings (SSSR count). The number of hydrogen-bond acceptors (Lipinski definition) is 1. The lowest BCUT2D eigenvalue weighted by Gasteiger charge is -2.32. The molecular weight excluding hydrogens is 355 g/mol. The number of carbonyl (C=O) groups is 1. The Hall–Kier alpha value is -3.09. The average Bonchev–Trinajstić information content (AvgIpc) is 2.55. The molecule has 0 unspecified atom stereocenters. The number of amides is 1. The van der Waals surface area contributed by atoms with E-state index in [0.717, 1.165) is 5.56 Å². The van der Waals surface area contributed by atoms with Crippen molar-refractivity contribution in [1.82, 2.24) is 0 Å². The van der Waals surface area contributed by atoms with Gasteiger partial charge in [0.2, 0.25) is 0 Å². The number of guanidine groups is 1. The van der Waals surface area contributed by atoms with Crippen LogP contribution in [0.2, 0.25) is 0 Å². The van der Waals surface area contributed by atoms with E-state index in [1.807, 2.05) is 13.8 Å². The first kappa shape index (κ1) is 18.7. The summed E-state index contributed by atoms with van der Waals surface area (Å²) in [5, 5.41) is 0. The van der Waals surface area contributed by atoms with E-state index in [1.165, 1.54) is 6.07 Å². The molecule has 1 amide bonds. The molecule has 0 heterocycles. The van der Waals surface area contributed by atoms with Crippen molar-refractivity contribution >= 4 is 17.4 Å². The van der Waals surface area contributed by atoms with Crippen molar-refractivity contribution in [2.24, 2.45) is 16.5 Å². The second-order valence-electron chi connectivity index (χ2n) is 7.05. The smallest absolute Gasteiger partial charge is 0.280 e. The molecule has 4 N–H and O–H groups in total. The molecule has 0 aliphatic heterocycles. The van der Waals surface area contributed by atoms with Gasteiger partial charge in [-0.05, 0) is 40.7 Å². The van der Waals surface area contributed by atoms with Gasteiger partial charge >= 0.3 is 0 Å². The lowest BCUT2D eigenvalue weighted by atomic mass is 9.71. The monoisotopic (exact) mass is 373 g/mol. The van der Waals surface area contributed by atoms with Crippen molar-refractivity contribution < 1.29 is 18.0 Å². The minimum atomic E-state index is -1.01. The summed E-state index contributed by atoms with van der Waals surface area (Å²) in [6.45, 7) is 3.96. The maximum absolute atomic E-state index is 14.4. The fourth-order valence-corrected chi connectivity index (χ4v) is 3.29. The van der Waals surface area contributed by atoms with E-state index >= 15 is 0 Å². The van der Waals surface area contributed by atoms with E-state index in [-0.39, 0.29) is 28.1 Å². The zero-order valence-electron chi connectivity index (χ0n) is 14.8. The second kappa shape index (κ2) is 6.57. The van der Waals surface area contributed by atoms with Crippen molar-refractivity contribution in [2.75, 3.05) is 0 Å². The lowest BCUT2D eigenvalue weighted by molar-refractivity contribution is 0.100. The molecule has 1 aliphatic rings. The number of halogens is 3. The molecule has 0 aromatic heterocycles. The third-order valence-corrected chi connectivity index (χ3v) is 4.61. The van der Waals surface area contributed by atoms with Crippen LogP contribution >= 0.6 is 0 Å². The fraction of sp³-hybridized carbons (Fsp3) is 0.200. The molecule has 0 spiro atoms. The zero-order chi connectivity index (χ0) is 19.9. The molecule has 2 aromatic rings. The number of rotatable bonds is 2. The van der Waals surface area contributed by atoms with E-state index in [0.29, 0.717) is 24.1 Å². The third-order valence-electron chi connectivity index (χ3n) is 4.61. The van der Waals surface area contributed by atoms with Crippen LogP contribution in [0.15, 0.2) is 41.4 Å². The maximum atomic E-state index is 14.4. The summed E-state index contributed by atoms with van der Waals surface area (Å²) < 4.78 is 42.0. The molecule has 0 atom stereocenters. The van der Waals surface area contributed by atoms with Crippen LogP contribution in [0.25, 0.3) is 5.57 Å². The van der Waals surface area contributed by atoms with Gasteiger partial charge in [0.15, 0.2) is 5.96 Å². The highest BCUT2D eigenvalue weighted by Crippen LogP contribution is 2.43. The Morgan fingerprint density at radius 3 is 2.30 bits per heavy atom. The minimum Gasteiger partial charge on any atom is -0.370 e. The SMILES string of the molecule is CC1(C)CC=C(c2c(F)cc(F)cc2F)c2cc(C(=O)N=C(N)N)ccc21. The number of fused-ring (bicyclic) bond motifs is 1. The summed E-state index contributed by atoms with van der Waals surface area (Å²) >= 11 is 0. The summed E-state index contributed by atoms with van der Waals surface area (Å²) in [6.07, 6.45) is 2.21. The van der Waals surface area contributed by atoms with Crippen molar-refractivity contribution in [3.8, 4) is 0 Å². The molecule has 0 radical (unpaired) electrons. The Kier molecular flexibility index (Phi) is 4.55. The minimum absolute atomic E-state index is 0.175. The van der Waals surface area contributed by atoms with Gasteiger partial charge < -0.3 is 11.5 Å². The predicted octanol–water partition coefficient (Wildman–Crippen LogP) is 3.63. The Morgan fingerprint density at radius 1 is 1.07 bits per heavy atom. The zero-order valence-corrected chi connectivity index (χ0v) is 14.8. The van der Waals surface area contributed by atoms with Crippen LogP contribution in [0.1, 0.15) is 47.3 Å². The Balaban J connectivity index is 2.23. The predicted molar refractivity (Wildman–Crippen MR) is 97.6 cm³/mol. The first-order valence-electron chi connectivity index (χ1n) is 8.24. The van der Waals surface area contributed by atoms with Crippen LogP contribution in [0.5, 0.6) is 0 Å². The number of carbonyl (C=O) groups excluding carboxylic acids is 1. The summed E-state index contributed by atoms with van der Waals surface area (Å²) in [6, 6.07) is 6.05. The van der Waals surface area contributed by atoms with E-state index in [4.69, 9.17) is 11.5 Å². The molecular formula is C20H18F3N3O. The Bertz CT molecular complexity index is 983. The van der Waals surface area contributed by atoms with Crippen LogP contribution in [-0.2, 0) is 5.41 Å². The third kappa shape index (κ3) is 3.45. The summed E-state index contributed by atoms with van der Waals surface area (Å²) in [5.74, 6) is -4.07. The molecule has 7 heteroatoms. The lowest BCUT2D eigenvalue weighted by Crippen LogP contribution is -2.25. The molecule has 27 heavy (non-hydrogen) atoms. The summed E-state index contributed by atoms with van der Waals surface area (Å²) in [5.41, 5.74) is 11.6. The van der Waals surface area contributed by atoms with E-state index in [2.05, 4.69) is 4.99 Å². The molecule has 1 aliphatic carbocycles. The Labute approximate surface area is 154 Å². The molecule has 0 fully saturated rings. The van der Waals surface area contributed by atoms with Gasteiger partial charge in [-0.2, -0.15) is 4.99 Å². The number of nitrogens with zero attached hydrogens (tertiary/aromatic N) is 1. The van der Waals surface area contributed by atoms with Crippen LogP contribution in [-0.4, -0.2) is 11.9 Å². The van der Waals surface area contributed by atoms with E-state index in [9.17, 15) is 18.0 Å². The van der Waals surface area contributed by atoms with Crippen molar-refractivity contribution in [2.45, 2.75) is 25.7 Å². The average molecular weight is 373 g/mol. The first-order chi connectivity index (χ1) is 12.6. The van der Waals surface area contributed by atoms with Crippen LogP contribution in [0.4, 0.5) is 13.2 Å². The summed E-state index contributed by atoms with van der Waals surface area (Å²) in [4.78, 5) is 15.7. The highest BCUT2D eigenvalue weighted by atomic mass is 19.1. The van der Waals surface area contributed by atoms with Crippen LogP contribution < -0.4 is 11.5 Å². The van der Waals surface area contributed by atoms with Gasteiger partial charge in [-0.25, -0.2) is 13.2 Å². The fourth-order valence-electron chi connectivity index (χ4n) is 3.29. The van der Waals surface area contributed by atoms with Gasteiger partial charge in [-0.3, -0.25) is 4.79 Å². The summed E-state index contributed by atoms with van der Waals surface area (Å²) in [7, 11) is 0. The normalized spacial score (nSPS) is 14.9. The standard InChI is InChI=1S/C20H18F3N3O/c1-20(2)6-5-12(17-15(22)8-11(21)9-16(17)23)13-7-10(3-4-14(13)20)18(27)26-19(24)25/h3-5,7-9H,6H2,1-2H3,(H4,24,25,26,27). The largest absolute Gasteiger partial charge is 0.370 e. The first-order valence-corrected chi connectivity index (χ1v) is 8.24. The number of aliphatic imine (C=N–C) groups is 1. The molecule has 140 valence electrons. The molecule has 0 saturated heterocycles. The molecule has 2 aromatic carbocycles. The number of allylic oxidation sites excluding steroid dienone is 1. The highest BCUT2D eigenvalue weighted by molar-refractivity contribution is 6.03. The second-order valence-corrected chi connectivity index (χ2v) is 7.05. The quantitative estimate of drug-likeness (QED) is 0.623. The topological polar surface area (TPSA) is 81.5 Å². The maximum Gasteiger partial charge on any atom is 0.280 e. The van der Waals surface area contributed by atoms with Gasteiger partial charge in [0.25, 0.3) is 5.91 Å². The highest BCUT2D eigenvalue weighted by Gasteiger charge is 2.31. The van der Waals surface area contributed by atoms with Gasteiger partial charge in [0.05, 0.1) is 5.56 Å². The number of hydrogen-bond donors (Lipinski definition) is 2. The molecule has 0 bridgehead atoms. The van der Waals surface area contributed by atoms with E-state index < -0.39 is 23.4 Å². The number of benzene rings is 2. The van der Waals surface area contributed by atoms with Gasteiger partial charge in [-0.1, -0.05) is 26.0 Å². The molecule has 4 nitrogen and oxygen atoms in total.